The van der Waals surface area contributed by atoms with Crippen LogP contribution >= 0.6 is 0 Å². The topological polar surface area (TPSA) is 53.8 Å². The van der Waals surface area contributed by atoms with Crippen LogP contribution in [0.5, 0.6) is 5.75 Å². The number of fused-ring (bicyclic) bond motifs is 1. The lowest BCUT2D eigenvalue weighted by Gasteiger charge is -2.23. The van der Waals surface area contributed by atoms with Gasteiger partial charge in [-0.15, -0.1) is 0 Å². The number of quaternary nitrogens is 1. The highest BCUT2D eigenvalue weighted by Crippen LogP contribution is 2.28. The second kappa shape index (κ2) is 4.50. The van der Waals surface area contributed by atoms with Gasteiger partial charge in [-0.05, 0) is 30.3 Å². The average molecular weight is 255 g/mol. The maximum absolute atomic E-state index is 12.3. The van der Waals surface area contributed by atoms with Crippen LogP contribution in [0.25, 0.3) is 0 Å². The van der Waals surface area contributed by atoms with E-state index < -0.39 is 6.04 Å². The first-order chi connectivity index (χ1) is 9.22. The monoisotopic (exact) mass is 255 g/mol. The van der Waals surface area contributed by atoms with E-state index in [1.807, 2.05) is 0 Å². The molecule has 0 bridgehead atoms. The fourth-order valence-electron chi connectivity index (χ4n) is 2.44. The summed E-state index contributed by atoms with van der Waals surface area (Å²) in [6.07, 6.45) is 0. The number of hydrogen-bond donors (Lipinski definition) is 1. The minimum Gasteiger partial charge on any atom is -0.628 e. The predicted molar refractivity (Wildman–Crippen MR) is 70.5 cm³/mol. The van der Waals surface area contributed by atoms with E-state index in [2.05, 4.69) is 0 Å². The van der Waals surface area contributed by atoms with E-state index in [9.17, 15) is 10.0 Å². The van der Waals surface area contributed by atoms with E-state index >= 15 is 0 Å². The van der Waals surface area contributed by atoms with Crippen LogP contribution in [0.15, 0.2) is 48.5 Å². The summed E-state index contributed by atoms with van der Waals surface area (Å²) in [5.74, 6) is 0.588. The first-order valence-electron chi connectivity index (χ1n) is 6.04. The molecule has 0 radical (unpaired) electrons. The highest BCUT2D eigenvalue weighted by atomic mass is 16.5. The minimum atomic E-state index is -0.705. The Morgan fingerprint density at radius 2 is 1.79 bits per heavy atom. The van der Waals surface area contributed by atoms with E-state index in [1.54, 1.807) is 55.6 Å². The van der Waals surface area contributed by atoms with Crippen LogP contribution in [-0.4, -0.2) is 12.9 Å². The van der Waals surface area contributed by atoms with E-state index in [4.69, 9.17) is 4.74 Å². The first kappa shape index (κ1) is 11.9. The minimum absolute atomic E-state index is 0.120. The molecule has 1 aliphatic heterocycles. The second-order valence-corrected chi connectivity index (χ2v) is 4.48. The van der Waals surface area contributed by atoms with Crippen LogP contribution in [0.2, 0.25) is 0 Å². The largest absolute Gasteiger partial charge is 0.628 e. The number of hydrogen-bond acceptors (Lipinski definition) is 3. The molecule has 1 aliphatic rings. The van der Waals surface area contributed by atoms with Crippen molar-refractivity contribution in [3.63, 3.8) is 0 Å². The van der Waals surface area contributed by atoms with Crippen molar-refractivity contribution < 1.29 is 14.6 Å². The quantitative estimate of drug-likeness (QED) is 0.830. The molecule has 19 heavy (non-hydrogen) atoms. The van der Waals surface area contributed by atoms with Crippen LogP contribution < -0.4 is 9.80 Å². The number of benzene rings is 2. The molecule has 2 aromatic rings. The third kappa shape index (κ3) is 1.82. The molecular formula is C15H13NO3. The Balaban J connectivity index is 2.01. The number of nitrogens with one attached hydrogen (secondary N) is 1. The molecule has 0 aromatic heterocycles. The zero-order valence-electron chi connectivity index (χ0n) is 10.4. The van der Waals surface area contributed by atoms with Gasteiger partial charge in [-0.3, -0.25) is 4.79 Å². The van der Waals surface area contributed by atoms with Gasteiger partial charge in [-0.25, -0.2) is 0 Å². The Morgan fingerprint density at radius 3 is 2.42 bits per heavy atom. The Hall–Kier alpha value is -2.17. The molecule has 0 saturated heterocycles. The average Bonchev–Trinajstić information content (AvgIpc) is 2.72. The lowest BCUT2D eigenvalue weighted by molar-refractivity contribution is -0.796. The molecule has 96 valence electrons. The second-order valence-electron chi connectivity index (χ2n) is 4.48. The smallest absolute Gasteiger partial charge is 0.231 e. The molecule has 2 aromatic carbocycles. The Kier molecular flexibility index (Phi) is 2.81. The van der Waals surface area contributed by atoms with Crippen LogP contribution in [0, 0.1) is 5.21 Å². The molecule has 0 saturated carbocycles. The van der Waals surface area contributed by atoms with Gasteiger partial charge in [0.15, 0.2) is 6.04 Å². The van der Waals surface area contributed by atoms with Gasteiger partial charge in [0.25, 0.3) is 0 Å². The van der Waals surface area contributed by atoms with Crippen molar-refractivity contribution in [1.82, 2.24) is 0 Å². The van der Waals surface area contributed by atoms with Gasteiger partial charge in [0.2, 0.25) is 5.78 Å². The van der Waals surface area contributed by atoms with Crippen LogP contribution in [0.1, 0.15) is 22.0 Å². The molecule has 1 N–H and O–H groups in total. The number of carbonyl (C=O) groups excluding carboxylic acids is 1. The maximum Gasteiger partial charge on any atom is 0.231 e. The van der Waals surface area contributed by atoms with E-state index in [-0.39, 0.29) is 10.8 Å². The summed E-state index contributed by atoms with van der Waals surface area (Å²) in [5, 5.41) is 12.2. The summed E-state index contributed by atoms with van der Waals surface area (Å²) in [6.45, 7) is 0. The number of ketones is 1. The molecule has 0 aliphatic carbocycles. The summed E-state index contributed by atoms with van der Waals surface area (Å²) in [4.78, 5) is 12.3. The maximum atomic E-state index is 12.3. The molecule has 1 heterocycles. The normalized spacial score (nSPS) is 21.3. The van der Waals surface area contributed by atoms with Crippen molar-refractivity contribution in [3.8, 4) is 5.75 Å². The van der Waals surface area contributed by atoms with E-state index in [0.717, 1.165) is 0 Å². The van der Waals surface area contributed by atoms with Crippen molar-refractivity contribution >= 4 is 11.5 Å². The third-order valence-electron chi connectivity index (χ3n) is 3.43. The van der Waals surface area contributed by atoms with Gasteiger partial charge in [-0.1, -0.05) is 12.1 Å². The summed E-state index contributed by atoms with van der Waals surface area (Å²) in [5.41, 5.74) is 1.76. The van der Waals surface area contributed by atoms with Crippen molar-refractivity contribution in [2.24, 2.45) is 0 Å². The molecule has 0 spiro atoms. The lowest BCUT2D eigenvalue weighted by Crippen LogP contribution is -3.01. The molecule has 0 amide bonds. The number of ether oxygens (including phenoxy) is 1. The third-order valence-corrected chi connectivity index (χ3v) is 3.43. The molecule has 4 heteroatoms. The Bertz CT molecular complexity index is 622. The summed E-state index contributed by atoms with van der Waals surface area (Å²) >= 11 is 0. The number of hydroxylamine groups is 1. The van der Waals surface area contributed by atoms with Gasteiger partial charge in [0.1, 0.15) is 11.4 Å². The molecule has 0 fully saturated rings. The van der Waals surface area contributed by atoms with E-state index in [1.165, 1.54) is 0 Å². The SMILES string of the molecule is COc1ccc(C2C(=O)c3ccccc3[NH+]2[O-])cc1. The zero-order valence-corrected chi connectivity index (χ0v) is 10.4. The lowest BCUT2D eigenvalue weighted by atomic mass is 10.0. The summed E-state index contributed by atoms with van der Waals surface area (Å²) in [6, 6.07) is 13.3. The zero-order chi connectivity index (χ0) is 13.4. The molecule has 2 atom stereocenters. The highest BCUT2D eigenvalue weighted by molar-refractivity contribution is 6.05. The number of carbonyl (C=O) groups is 1. The molecule has 4 nitrogen and oxygen atoms in total. The number of methoxy groups -OCH3 is 1. The predicted octanol–water partition coefficient (Wildman–Crippen LogP) is 1.65. The first-order valence-corrected chi connectivity index (χ1v) is 6.04. The van der Waals surface area contributed by atoms with Crippen LogP contribution in [0.4, 0.5) is 5.69 Å². The van der Waals surface area contributed by atoms with Crippen molar-refractivity contribution in [2.75, 3.05) is 7.11 Å². The molecular weight excluding hydrogens is 242 g/mol. The fourth-order valence-corrected chi connectivity index (χ4v) is 2.44. The van der Waals surface area contributed by atoms with Crippen molar-refractivity contribution in [2.45, 2.75) is 6.04 Å². The summed E-state index contributed by atoms with van der Waals surface area (Å²) in [7, 11) is 1.58. The number of para-hydroxylation sites is 1. The Morgan fingerprint density at radius 1 is 1.11 bits per heavy atom. The van der Waals surface area contributed by atoms with Crippen LogP contribution in [0.3, 0.4) is 0 Å². The molecule has 2 unspecified atom stereocenters. The van der Waals surface area contributed by atoms with Gasteiger partial charge in [0.05, 0.1) is 12.7 Å². The number of rotatable bonds is 2. The van der Waals surface area contributed by atoms with Gasteiger partial charge in [-0.2, -0.15) is 0 Å². The van der Waals surface area contributed by atoms with Crippen molar-refractivity contribution in [3.05, 3.63) is 64.9 Å². The van der Waals surface area contributed by atoms with Crippen molar-refractivity contribution in [1.29, 1.82) is 0 Å². The Labute approximate surface area is 110 Å². The fraction of sp³-hybridized carbons (Fsp3) is 0.133. The standard InChI is InChI=1S/C15H13NO3/c1-19-11-8-6-10(7-9-11)14-15(17)12-4-2-3-5-13(12)16(14)18/h2-9,14,16H,1H3. The van der Waals surface area contributed by atoms with Gasteiger partial charge < -0.3 is 15.0 Å². The number of Topliss-reactive ketones (excluding diaryl/α,β-unsaturated/α-hetero) is 1. The van der Waals surface area contributed by atoms with Crippen LogP contribution in [-0.2, 0) is 0 Å². The van der Waals surface area contributed by atoms with E-state index in [0.29, 0.717) is 22.6 Å². The van der Waals surface area contributed by atoms with Gasteiger partial charge in [0, 0.05) is 11.6 Å². The summed E-state index contributed by atoms with van der Waals surface area (Å²) < 4.78 is 5.08. The highest BCUT2D eigenvalue weighted by Gasteiger charge is 2.39. The molecule has 3 rings (SSSR count). The van der Waals surface area contributed by atoms with Gasteiger partial charge >= 0.3 is 0 Å².